The summed E-state index contributed by atoms with van der Waals surface area (Å²) < 4.78 is 0. The standard InChI is InChI=1S/C35H22/c1-4-10-24-21(8-1)18-30-27(24)15-16-28-29-14-13-23-17-20-7-2-5-11-25(20)32(23)35(29)34-26-12-6-3-9-22(26)19-31(34)33(28)30/h1-16,19,34H,17-18H2. The number of rotatable bonds is 0. The molecule has 0 bridgehead atoms. The van der Waals surface area contributed by atoms with Crippen LogP contribution in [0.5, 0.6) is 0 Å². The minimum atomic E-state index is 0.296. The molecule has 0 aliphatic heterocycles. The van der Waals surface area contributed by atoms with Crippen LogP contribution in [0.15, 0.2) is 97.1 Å². The van der Waals surface area contributed by atoms with E-state index in [2.05, 4.69) is 103 Å². The topological polar surface area (TPSA) is 0 Å². The summed E-state index contributed by atoms with van der Waals surface area (Å²) in [5.41, 5.74) is 21.8. The third-order valence-electron chi connectivity index (χ3n) is 8.78. The molecule has 0 heterocycles. The summed E-state index contributed by atoms with van der Waals surface area (Å²) in [6.45, 7) is 0. The molecule has 0 radical (unpaired) electrons. The lowest BCUT2D eigenvalue weighted by atomic mass is 9.70. The van der Waals surface area contributed by atoms with E-state index >= 15 is 0 Å². The first-order valence-corrected chi connectivity index (χ1v) is 12.7. The number of allylic oxidation sites excluding steroid dienone is 1. The highest BCUT2D eigenvalue weighted by Crippen LogP contribution is 2.60. The van der Waals surface area contributed by atoms with Gasteiger partial charge in [0.15, 0.2) is 0 Å². The third kappa shape index (κ3) is 2.19. The average Bonchev–Trinajstić information content (AvgIpc) is 3.59. The maximum atomic E-state index is 2.49. The van der Waals surface area contributed by atoms with Crippen molar-refractivity contribution in [3.63, 3.8) is 0 Å². The zero-order valence-corrected chi connectivity index (χ0v) is 19.3. The van der Waals surface area contributed by atoms with Gasteiger partial charge in [-0.05, 0) is 102 Å². The van der Waals surface area contributed by atoms with Crippen molar-refractivity contribution in [2.45, 2.75) is 18.8 Å². The van der Waals surface area contributed by atoms with Crippen LogP contribution in [0.3, 0.4) is 0 Å². The van der Waals surface area contributed by atoms with Gasteiger partial charge in [-0.2, -0.15) is 0 Å². The van der Waals surface area contributed by atoms with Crippen LogP contribution in [0.2, 0.25) is 0 Å². The second kappa shape index (κ2) is 6.29. The lowest BCUT2D eigenvalue weighted by molar-refractivity contribution is 1.05. The van der Waals surface area contributed by atoms with Crippen LogP contribution in [-0.2, 0) is 12.8 Å². The molecule has 4 aliphatic carbocycles. The van der Waals surface area contributed by atoms with Crippen molar-refractivity contribution in [1.29, 1.82) is 0 Å². The summed E-state index contributed by atoms with van der Waals surface area (Å²) in [6.07, 6.45) is 4.56. The Balaban J connectivity index is 1.41. The molecule has 1 unspecified atom stereocenters. The lowest BCUT2D eigenvalue weighted by Crippen LogP contribution is -2.13. The van der Waals surface area contributed by atoms with Crippen molar-refractivity contribution in [3.05, 3.63) is 142 Å². The van der Waals surface area contributed by atoms with Crippen LogP contribution >= 0.6 is 0 Å². The molecule has 1 atom stereocenters. The van der Waals surface area contributed by atoms with Crippen LogP contribution < -0.4 is 0 Å². The van der Waals surface area contributed by atoms with Gasteiger partial charge < -0.3 is 0 Å². The molecule has 0 aromatic heterocycles. The van der Waals surface area contributed by atoms with E-state index < -0.39 is 0 Å². The third-order valence-corrected chi connectivity index (χ3v) is 8.78. The Morgan fingerprint density at radius 1 is 0.486 bits per heavy atom. The summed E-state index contributed by atoms with van der Waals surface area (Å²) >= 11 is 0. The fraction of sp³-hybridized carbons (Fsp3) is 0.0857. The van der Waals surface area contributed by atoms with Gasteiger partial charge in [0.05, 0.1) is 0 Å². The minimum Gasteiger partial charge on any atom is -0.0619 e. The molecule has 0 saturated heterocycles. The van der Waals surface area contributed by atoms with Gasteiger partial charge in [0, 0.05) is 5.92 Å². The fourth-order valence-electron chi connectivity index (χ4n) is 7.41. The highest BCUT2D eigenvalue weighted by atomic mass is 14.4. The number of hydrogen-bond acceptors (Lipinski definition) is 0. The molecule has 0 amide bonds. The molecule has 35 heavy (non-hydrogen) atoms. The quantitative estimate of drug-likeness (QED) is 0.221. The first-order valence-electron chi connectivity index (χ1n) is 12.7. The zero-order chi connectivity index (χ0) is 22.7. The number of benzene rings is 5. The van der Waals surface area contributed by atoms with E-state index in [1.54, 1.807) is 0 Å². The Morgan fingerprint density at radius 2 is 1.20 bits per heavy atom. The second-order valence-electron chi connectivity index (χ2n) is 10.4. The smallest absolute Gasteiger partial charge is 0.0364 e. The van der Waals surface area contributed by atoms with Crippen LogP contribution in [0.25, 0.3) is 45.0 Å². The predicted octanol–water partition coefficient (Wildman–Crippen LogP) is 8.50. The first kappa shape index (κ1) is 18.2. The molecule has 5 aromatic rings. The average molecular weight is 443 g/mol. The van der Waals surface area contributed by atoms with Crippen molar-refractivity contribution in [3.8, 4) is 33.4 Å². The zero-order valence-electron chi connectivity index (χ0n) is 19.3. The Hall–Kier alpha value is -4.16. The maximum Gasteiger partial charge on any atom is 0.0364 e. The number of fused-ring (bicyclic) bond motifs is 16. The van der Waals surface area contributed by atoms with E-state index in [1.165, 1.54) is 83.5 Å². The van der Waals surface area contributed by atoms with E-state index in [4.69, 9.17) is 0 Å². The summed E-state index contributed by atoms with van der Waals surface area (Å²) in [5.74, 6) is 0.296. The Morgan fingerprint density at radius 3 is 2.11 bits per heavy atom. The van der Waals surface area contributed by atoms with E-state index in [0.717, 1.165) is 12.8 Å². The van der Waals surface area contributed by atoms with Gasteiger partial charge in [-0.3, -0.25) is 0 Å². The molecule has 0 fully saturated rings. The number of hydrogen-bond donors (Lipinski definition) is 0. The van der Waals surface area contributed by atoms with Crippen molar-refractivity contribution >= 4 is 11.6 Å². The molecule has 0 spiro atoms. The molecule has 4 aliphatic rings. The monoisotopic (exact) mass is 442 g/mol. The summed E-state index contributed by atoms with van der Waals surface area (Å²) in [6, 6.07) is 36.7. The molecular formula is C35H22. The first-order chi connectivity index (χ1) is 17.4. The lowest BCUT2D eigenvalue weighted by Gasteiger charge is -2.32. The van der Waals surface area contributed by atoms with Gasteiger partial charge in [0.1, 0.15) is 0 Å². The van der Waals surface area contributed by atoms with Crippen molar-refractivity contribution in [2.24, 2.45) is 0 Å². The second-order valence-corrected chi connectivity index (χ2v) is 10.4. The molecule has 0 saturated carbocycles. The molecule has 0 N–H and O–H groups in total. The predicted molar refractivity (Wildman–Crippen MR) is 145 cm³/mol. The van der Waals surface area contributed by atoms with Crippen LogP contribution in [0.4, 0.5) is 0 Å². The van der Waals surface area contributed by atoms with E-state index in [-0.39, 0.29) is 0 Å². The Bertz CT molecular complexity index is 1800. The van der Waals surface area contributed by atoms with Gasteiger partial charge in [0.2, 0.25) is 0 Å². The summed E-state index contributed by atoms with van der Waals surface area (Å²) in [4.78, 5) is 0. The van der Waals surface area contributed by atoms with Crippen molar-refractivity contribution < 1.29 is 0 Å². The SMILES string of the molecule is C1=C2c3c(ccc4c3Cc3ccccc3-4)-c3ccc4c(c3C2c2ccccc21)-c1ccccc1C4. The molecule has 0 nitrogen and oxygen atoms in total. The van der Waals surface area contributed by atoms with Gasteiger partial charge in [-0.1, -0.05) is 97.1 Å². The molecule has 0 heteroatoms. The molecule has 9 rings (SSSR count). The van der Waals surface area contributed by atoms with Crippen molar-refractivity contribution in [2.75, 3.05) is 0 Å². The highest BCUT2D eigenvalue weighted by Gasteiger charge is 2.40. The Kier molecular flexibility index (Phi) is 3.27. The largest absolute Gasteiger partial charge is 0.0619 e. The molecule has 162 valence electrons. The van der Waals surface area contributed by atoms with Gasteiger partial charge in [-0.25, -0.2) is 0 Å². The van der Waals surface area contributed by atoms with Crippen LogP contribution in [-0.4, -0.2) is 0 Å². The Labute approximate surface area is 205 Å². The van der Waals surface area contributed by atoms with Crippen LogP contribution in [0, 0.1) is 0 Å². The summed E-state index contributed by atoms with van der Waals surface area (Å²) in [7, 11) is 0. The van der Waals surface area contributed by atoms with Gasteiger partial charge >= 0.3 is 0 Å². The minimum absolute atomic E-state index is 0.296. The maximum absolute atomic E-state index is 2.49. The van der Waals surface area contributed by atoms with E-state index in [9.17, 15) is 0 Å². The van der Waals surface area contributed by atoms with Gasteiger partial charge in [-0.15, -0.1) is 0 Å². The van der Waals surface area contributed by atoms with Crippen molar-refractivity contribution in [1.82, 2.24) is 0 Å². The fourth-order valence-corrected chi connectivity index (χ4v) is 7.41. The normalized spacial score (nSPS) is 16.8. The van der Waals surface area contributed by atoms with E-state index in [0.29, 0.717) is 5.92 Å². The van der Waals surface area contributed by atoms with E-state index in [1.807, 2.05) is 0 Å². The highest BCUT2D eigenvalue weighted by molar-refractivity contribution is 6.07. The molecule has 5 aromatic carbocycles. The summed E-state index contributed by atoms with van der Waals surface area (Å²) in [5, 5.41) is 0. The van der Waals surface area contributed by atoms with Gasteiger partial charge in [0.25, 0.3) is 0 Å². The molecular weight excluding hydrogens is 420 g/mol. The van der Waals surface area contributed by atoms with Crippen LogP contribution in [0.1, 0.15) is 50.4 Å².